The average Bonchev–Trinajstić information content (AvgIpc) is 2.64. The average molecular weight is 333 g/mol. The number of aromatic nitrogens is 1. The second kappa shape index (κ2) is 7.11. The molecule has 4 nitrogen and oxygen atoms in total. The van der Waals surface area contributed by atoms with Crippen molar-refractivity contribution in [2.24, 2.45) is 0 Å². The van der Waals surface area contributed by atoms with Crippen LogP contribution in [0.5, 0.6) is 0 Å². The monoisotopic (exact) mass is 333 g/mol. The molecule has 0 bridgehead atoms. The second-order valence-corrected chi connectivity index (χ2v) is 6.79. The number of H-pyrrole nitrogens is 1. The van der Waals surface area contributed by atoms with E-state index in [1.807, 2.05) is 18.2 Å². The quantitative estimate of drug-likeness (QED) is 0.767. The van der Waals surface area contributed by atoms with Crippen LogP contribution in [0.3, 0.4) is 0 Å². The molecule has 0 amide bonds. The largest absolute Gasteiger partial charge is 0.382 e. The van der Waals surface area contributed by atoms with Crippen molar-refractivity contribution in [2.45, 2.75) is 25.4 Å². The Kier molecular flexibility index (Phi) is 4.53. The van der Waals surface area contributed by atoms with Crippen LogP contribution in [0.15, 0.2) is 65.6 Å². The molecule has 25 heavy (non-hydrogen) atoms. The van der Waals surface area contributed by atoms with Gasteiger partial charge in [0, 0.05) is 42.9 Å². The summed E-state index contributed by atoms with van der Waals surface area (Å²) in [5, 5.41) is 5.36. The van der Waals surface area contributed by atoms with Crippen molar-refractivity contribution in [2.75, 3.05) is 18.4 Å². The summed E-state index contributed by atoms with van der Waals surface area (Å²) in [6, 6.07) is 19.1. The fourth-order valence-electron chi connectivity index (χ4n) is 3.59. The van der Waals surface area contributed by atoms with E-state index in [1.165, 1.54) is 5.56 Å². The topological polar surface area (TPSA) is 48.1 Å². The Morgan fingerprint density at radius 2 is 1.84 bits per heavy atom. The van der Waals surface area contributed by atoms with Gasteiger partial charge in [-0.3, -0.25) is 9.69 Å². The van der Waals surface area contributed by atoms with Gasteiger partial charge in [0.25, 0.3) is 5.56 Å². The number of fused-ring (bicyclic) bond motifs is 1. The Morgan fingerprint density at radius 3 is 2.64 bits per heavy atom. The highest BCUT2D eigenvalue weighted by Gasteiger charge is 2.19. The molecule has 4 rings (SSSR count). The molecule has 0 aliphatic carbocycles. The standard InChI is InChI=1S/C21H23N3O/c25-21-20-7-6-19(14-17(20)8-11-22-21)23-18-9-12-24(13-10-18)15-16-4-2-1-3-5-16/h1-8,11,14,18,23H,9-10,12-13,15H2,(H,22,25). The van der Waals surface area contributed by atoms with Gasteiger partial charge < -0.3 is 10.3 Å². The van der Waals surface area contributed by atoms with Crippen LogP contribution < -0.4 is 10.9 Å². The number of anilines is 1. The number of piperidine rings is 1. The van der Waals surface area contributed by atoms with E-state index >= 15 is 0 Å². The van der Waals surface area contributed by atoms with Gasteiger partial charge in [0.15, 0.2) is 0 Å². The summed E-state index contributed by atoms with van der Waals surface area (Å²) < 4.78 is 0. The predicted molar refractivity (Wildman–Crippen MR) is 103 cm³/mol. The van der Waals surface area contributed by atoms with Gasteiger partial charge in [0.2, 0.25) is 0 Å². The Hall–Kier alpha value is -2.59. The lowest BCUT2D eigenvalue weighted by Gasteiger charge is -2.33. The summed E-state index contributed by atoms with van der Waals surface area (Å²) in [5.74, 6) is 0. The number of hydrogen-bond acceptors (Lipinski definition) is 3. The zero-order valence-corrected chi connectivity index (χ0v) is 14.2. The van der Waals surface area contributed by atoms with E-state index in [9.17, 15) is 4.79 Å². The SMILES string of the molecule is O=c1[nH]ccc2cc(NC3CCN(Cc4ccccc4)CC3)ccc12. The van der Waals surface area contributed by atoms with E-state index in [2.05, 4.69) is 51.6 Å². The van der Waals surface area contributed by atoms with Crippen LogP contribution in [0, 0.1) is 0 Å². The summed E-state index contributed by atoms with van der Waals surface area (Å²) in [5.41, 5.74) is 2.45. The minimum atomic E-state index is -0.0294. The van der Waals surface area contributed by atoms with Gasteiger partial charge in [-0.25, -0.2) is 0 Å². The number of nitrogens with one attached hydrogen (secondary N) is 2. The number of rotatable bonds is 4. The zero-order chi connectivity index (χ0) is 17.1. The first-order valence-electron chi connectivity index (χ1n) is 8.92. The predicted octanol–water partition coefficient (Wildman–Crippen LogP) is 3.60. The number of pyridine rings is 1. The summed E-state index contributed by atoms with van der Waals surface area (Å²) >= 11 is 0. The van der Waals surface area contributed by atoms with Crippen molar-refractivity contribution in [3.63, 3.8) is 0 Å². The molecule has 2 N–H and O–H groups in total. The van der Waals surface area contributed by atoms with Crippen molar-refractivity contribution in [3.8, 4) is 0 Å². The van der Waals surface area contributed by atoms with Gasteiger partial charge in [-0.1, -0.05) is 30.3 Å². The maximum atomic E-state index is 11.8. The van der Waals surface area contributed by atoms with Crippen LogP contribution in [0.2, 0.25) is 0 Å². The number of hydrogen-bond donors (Lipinski definition) is 2. The molecule has 2 aromatic carbocycles. The minimum Gasteiger partial charge on any atom is -0.382 e. The van der Waals surface area contributed by atoms with Crippen LogP contribution in [0.1, 0.15) is 18.4 Å². The molecule has 2 heterocycles. The van der Waals surface area contributed by atoms with Crippen LogP contribution in [0.4, 0.5) is 5.69 Å². The van der Waals surface area contributed by atoms with Crippen molar-refractivity contribution >= 4 is 16.5 Å². The first-order chi connectivity index (χ1) is 12.3. The zero-order valence-electron chi connectivity index (χ0n) is 14.2. The first kappa shape index (κ1) is 15.9. The molecule has 1 aromatic heterocycles. The highest BCUT2D eigenvalue weighted by atomic mass is 16.1. The van der Waals surface area contributed by atoms with Crippen LogP contribution in [-0.2, 0) is 6.54 Å². The van der Waals surface area contributed by atoms with Crippen molar-refractivity contribution in [3.05, 3.63) is 76.7 Å². The Bertz CT molecular complexity index is 896. The molecular formula is C21H23N3O. The summed E-state index contributed by atoms with van der Waals surface area (Å²) in [7, 11) is 0. The third kappa shape index (κ3) is 3.74. The second-order valence-electron chi connectivity index (χ2n) is 6.79. The fraction of sp³-hybridized carbons (Fsp3) is 0.286. The van der Waals surface area contributed by atoms with E-state index in [4.69, 9.17) is 0 Å². The Labute approximate surface area is 147 Å². The lowest BCUT2D eigenvalue weighted by molar-refractivity contribution is 0.211. The van der Waals surface area contributed by atoms with Crippen molar-refractivity contribution < 1.29 is 0 Å². The molecule has 0 radical (unpaired) electrons. The molecule has 0 spiro atoms. The molecule has 1 aliphatic rings. The molecule has 0 saturated carbocycles. The van der Waals surface area contributed by atoms with Gasteiger partial charge in [-0.2, -0.15) is 0 Å². The fourth-order valence-corrected chi connectivity index (χ4v) is 3.59. The van der Waals surface area contributed by atoms with Crippen LogP contribution in [0.25, 0.3) is 10.8 Å². The molecule has 1 fully saturated rings. The minimum absolute atomic E-state index is 0.0294. The molecule has 128 valence electrons. The number of benzene rings is 2. The van der Waals surface area contributed by atoms with Gasteiger partial charge >= 0.3 is 0 Å². The normalized spacial score (nSPS) is 16.2. The summed E-state index contributed by atoms with van der Waals surface area (Å²) in [6.07, 6.45) is 3.98. The van der Waals surface area contributed by atoms with E-state index in [0.29, 0.717) is 6.04 Å². The van der Waals surface area contributed by atoms with E-state index in [-0.39, 0.29) is 5.56 Å². The van der Waals surface area contributed by atoms with E-state index < -0.39 is 0 Å². The lowest BCUT2D eigenvalue weighted by atomic mass is 10.0. The van der Waals surface area contributed by atoms with E-state index in [1.54, 1.807) is 6.20 Å². The van der Waals surface area contributed by atoms with Crippen LogP contribution >= 0.6 is 0 Å². The highest BCUT2D eigenvalue weighted by molar-refractivity contribution is 5.84. The molecule has 3 aromatic rings. The molecule has 0 unspecified atom stereocenters. The van der Waals surface area contributed by atoms with Gasteiger partial charge in [0.1, 0.15) is 0 Å². The number of nitrogens with zero attached hydrogens (tertiary/aromatic N) is 1. The maximum absolute atomic E-state index is 11.8. The highest BCUT2D eigenvalue weighted by Crippen LogP contribution is 2.21. The summed E-state index contributed by atoms with van der Waals surface area (Å²) in [6.45, 7) is 3.26. The third-order valence-electron chi connectivity index (χ3n) is 4.98. The van der Waals surface area contributed by atoms with Crippen molar-refractivity contribution in [1.82, 2.24) is 9.88 Å². The molecule has 0 atom stereocenters. The molecule has 1 saturated heterocycles. The van der Waals surface area contributed by atoms with Gasteiger partial charge in [0.05, 0.1) is 0 Å². The Morgan fingerprint density at radius 1 is 1.04 bits per heavy atom. The Balaban J connectivity index is 1.36. The molecule has 1 aliphatic heterocycles. The number of likely N-dealkylation sites (tertiary alicyclic amines) is 1. The lowest BCUT2D eigenvalue weighted by Crippen LogP contribution is -2.38. The third-order valence-corrected chi connectivity index (χ3v) is 4.98. The maximum Gasteiger partial charge on any atom is 0.255 e. The van der Waals surface area contributed by atoms with Crippen LogP contribution in [-0.4, -0.2) is 29.0 Å². The first-order valence-corrected chi connectivity index (χ1v) is 8.92. The smallest absolute Gasteiger partial charge is 0.255 e. The number of aromatic amines is 1. The van der Waals surface area contributed by atoms with Crippen molar-refractivity contribution in [1.29, 1.82) is 0 Å². The van der Waals surface area contributed by atoms with Gasteiger partial charge in [-0.05, 0) is 48.1 Å². The van der Waals surface area contributed by atoms with Gasteiger partial charge in [-0.15, -0.1) is 0 Å². The molecule has 4 heteroatoms. The summed E-state index contributed by atoms with van der Waals surface area (Å²) in [4.78, 5) is 17.0. The van der Waals surface area contributed by atoms with E-state index in [0.717, 1.165) is 48.9 Å². The molecular weight excluding hydrogens is 310 g/mol.